The molecule has 2 rings (SSSR count). The number of nitrogens with two attached hydrogens (primary N) is 1. The van der Waals surface area contributed by atoms with Crippen LogP contribution in [-0.4, -0.2) is 17.1 Å². The van der Waals surface area contributed by atoms with Crippen molar-refractivity contribution < 1.29 is 49.3 Å². The molecule has 9 heteroatoms. The molecule has 2 atom stereocenters. The largest absolute Gasteiger partial charge is 1.00 e. The van der Waals surface area contributed by atoms with Crippen molar-refractivity contribution in [2.75, 3.05) is 0 Å². The van der Waals surface area contributed by atoms with Gasteiger partial charge in [-0.15, -0.1) is 0 Å². The van der Waals surface area contributed by atoms with E-state index in [1.54, 1.807) is 30.3 Å². The summed E-state index contributed by atoms with van der Waals surface area (Å²) in [6, 6.07) is 9.34. The van der Waals surface area contributed by atoms with Crippen LogP contribution in [0.4, 0.5) is 0 Å². The van der Waals surface area contributed by atoms with Gasteiger partial charge in [-0.3, -0.25) is 4.79 Å². The number of ether oxygens (including phenoxy) is 1. The summed E-state index contributed by atoms with van der Waals surface area (Å²) in [6.07, 6.45) is 0. The maximum absolute atomic E-state index is 11.6. The van der Waals surface area contributed by atoms with Gasteiger partial charge in [0.25, 0.3) is 0 Å². The van der Waals surface area contributed by atoms with E-state index >= 15 is 0 Å². The second kappa shape index (κ2) is 10.1. The second-order valence-corrected chi connectivity index (χ2v) is 8.32. The first kappa shape index (κ1) is 22.7. The van der Waals surface area contributed by atoms with Crippen LogP contribution in [0, 0.1) is 7.14 Å². The first-order valence-corrected chi connectivity index (χ1v) is 9.76. The van der Waals surface area contributed by atoms with E-state index in [4.69, 9.17) is 15.6 Å². The summed E-state index contributed by atoms with van der Waals surface area (Å²) in [6.45, 7) is 0. The number of carboxylic acids is 1. The van der Waals surface area contributed by atoms with Crippen molar-refractivity contribution in [3.8, 4) is 17.2 Å². The summed E-state index contributed by atoms with van der Waals surface area (Å²) in [4.78, 5) is 10.9. The van der Waals surface area contributed by atoms with Crippen LogP contribution < -0.4 is 45.1 Å². The summed E-state index contributed by atoms with van der Waals surface area (Å²) in [5.41, 5.74) is 6.45. The fraction of sp³-hybridized carbons (Fsp3) is 0.133. The Morgan fingerprint density at radius 1 is 1.17 bits per heavy atom. The predicted octanol–water partition coefficient (Wildman–Crippen LogP) is 0.654. The Labute approximate surface area is 202 Å². The summed E-state index contributed by atoms with van der Waals surface area (Å²) in [7, 11) is 0. The Bertz CT molecular complexity index is 727. The minimum Gasteiger partial charge on any atom is -0.872 e. The first-order valence-electron chi connectivity index (χ1n) is 6.36. The fourth-order valence-corrected chi connectivity index (χ4v) is 3.48. The zero-order valence-electron chi connectivity index (χ0n) is 12.5. The molecule has 2 aromatic carbocycles. The second-order valence-electron chi connectivity index (χ2n) is 4.65. The zero-order chi connectivity index (χ0) is 17.1. The molecule has 24 heavy (non-hydrogen) atoms. The molecular weight excluding hydrogens is 662 g/mol. The molecule has 0 aliphatic heterocycles. The van der Waals surface area contributed by atoms with Gasteiger partial charge in [-0.25, -0.2) is 0 Å². The first-order chi connectivity index (χ1) is 10.8. The normalized spacial score (nSPS) is 12.8. The molecule has 0 amide bonds. The van der Waals surface area contributed by atoms with Crippen LogP contribution in [0.15, 0.2) is 36.4 Å². The molecular formula is C15H11I3NNaO4. The van der Waals surface area contributed by atoms with E-state index in [1.807, 2.05) is 45.2 Å². The van der Waals surface area contributed by atoms with Crippen molar-refractivity contribution in [2.24, 2.45) is 5.73 Å². The molecule has 0 spiro atoms. The summed E-state index contributed by atoms with van der Waals surface area (Å²) < 4.78 is 6.78. The number of aliphatic carboxylic acids is 1. The maximum atomic E-state index is 11.6. The molecule has 3 N–H and O–H groups in total. The quantitative estimate of drug-likeness (QED) is 0.277. The third-order valence-corrected chi connectivity index (χ3v) is 6.19. The third kappa shape index (κ3) is 5.84. The average Bonchev–Trinajstić information content (AvgIpc) is 2.51. The maximum Gasteiger partial charge on any atom is 1.00 e. The molecule has 0 radical (unpaired) electrons. The number of rotatable bonds is 5. The van der Waals surface area contributed by atoms with E-state index in [0.717, 1.165) is 9.13 Å². The SMILES string of the molecule is N[C@@H](C(=O)O)[C@@H](I)c1ccc(Oc2cc(I)c([O-])cc2I)cc1.[Na+]. The standard InChI is InChI=1S/C15H12I3NO4.Na/c16-9-6-12(10(17)5-11(9)20)23-8-3-1-7(2-4-8)13(18)14(19)15(21)22;/h1-6,13-14,20H,19H2,(H,21,22);/q;+1/p-1/t13-,14+;/m0./s1. The van der Waals surface area contributed by atoms with Gasteiger partial charge in [0.15, 0.2) is 0 Å². The number of hydrogen-bond donors (Lipinski definition) is 2. The van der Waals surface area contributed by atoms with Crippen molar-refractivity contribution in [1.82, 2.24) is 0 Å². The van der Waals surface area contributed by atoms with E-state index in [9.17, 15) is 9.90 Å². The molecule has 0 unspecified atom stereocenters. The average molecular weight is 673 g/mol. The van der Waals surface area contributed by atoms with Gasteiger partial charge in [-0.1, -0.05) is 46.5 Å². The number of benzene rings is 2. The van der Waals surface area contributed by atoms with Crippen molar-refractivity contribution in [1.29, 1.82) is 0 Å². The van der Waals surface area contributed by atoms with Crippen molar-refractivity contribution in [3.05, 3.63) is 49.1 Å². The van der Waals surface area contributed by atoms with E-state index in [2.05, 4.69) is 22.6 Å². The van der Waals surface area contributed by atoms with Gasteiger partial charge in [0, 0.05) is 3.57 Å². The van der Waals surface area contributed by atoms with Gasteiger partial charge in [-0.2, -0.15) is 0 Å². The Balaban J connectivity index is 0.00000288. The summed E-state index contributed by atoms with van der Waals surface area (Å²) >= 11 is 6.04. The van der Waals surface area contributed by atoms with Crippen molar-refractivity contribution in [3.63, 3.8) is 0 Å². The summed E-state index contributed by atoms with van der Waals surface area (Å²) in [5, 5.41) is 20.5. The van der Waals surface area contributed by atoms with Gasteiger partial charge in [-0.05, 0) is 68.9 Å². The van der Waals surface area contributed by atoms with Gasteiger partial charge < -0.3 is 20.7 Å². The Hall–Kier alpha value is 0.660. The van der Waals surface area contributed by atoms with Gasteiger partial charge in [0.1, 0.15) is 17.5 Å². The molecule has 0 heterocycles. The number of hydrogen-bond acceptors (Lipinski definition) is 4. The molecule has 0 aliphatic carbocycles. The molecule has 2 aromatic rings. The molecule has 0 fully saturated rings. The number of alkyl halides is 1. The van der Waals surface area contributed by atoms with E-state index in [1.165, 1.54) is 6.07 Å². The Morgan fingerprint density at radius 2 is 1.75 bits per heavy atom. The third-order valence-electron chi connectivity index (χ3n) is 3.01. The van der Waals surface area contributed by atoms with E-state index in [0.29, 0.717) is 15.1 Å². The fourth-order valence-electron chi connectivity index (χ4n) is 1.77. The van der Waals surface area contributed by atoms with E-state index in [-0.39, 0.29) is 39.2 Å². The van der Waals surface area contributed by atoms with Crippen molar-refractivity contribution in [2.45, 2.75) is 9.97 Å². The Morgan fingerprint density at radius 3 is 2.29 bits per heavy atom. The number of carbonyl (C=O) groups is 1. The topological polar surface area (TPSA) is 95.6 Å². The van der Waals surface area contributed by atoms with Crippen LogP contribution in [-0.2, 0) is 4.79 Å². The minimum absolute atomic E-state index is 0. The monoisotopic (exact) mass is 673 g/mol. The molecule has 122 valence electrons. The van der Waals surface area contributed by atoms with Crippen LogP contribution >= 0.6 is 67.8 Å². The molecule has 0 saturated heterocycles. The predicted molar refractivity (Wildman–Crippen MR) is 110 cm³/mol. The van der Waals surface area contributed by atoms with Crippen molar-refractivity contribution >= 4 is 73.7 Å². The molecule has 0 saturated carbocycles. The number of carboxylic acid groups (broad SMARTS) is 1. The smallest absolute Gasteiger partial charge is 0.872 e. The minimum atomic E-state index is -1.04. The molecule has 0 aromatic heterocycles. The van der Waals surface area contributed by atoms with Crippen LogP contribution in [0.5, 0.6) is 17.2 Å². The Kier molecular flexibility index (Phi) is 9.57. The van der Waals surface area contributed by atoms with Gasteiger partial charge in [0.05, 0.1) is 7.49 Å². The van der Waals surface area contributed by atoms with Gasteiger partial charge in [0.2, 0.25) is 0 Å². The van der Waals surface area contributed by atoms with Crippen LogP contribution in [0.25, 0.3) is 0 Å². The van der Waals surface area contributed by atoms with E-state index < -0.39 is 12.0 Å². The number of halogens is 3. The van der Waals surface area contributed by atoms with Crippen LogP contribution in [0.2, 0.25) is 0 Å². The summed E-state index contributed by atoms with van der Waals surface area (Å²) in [5.74, 6) is 0.142. The van der Waals surface area contributed by atoms with Crippen LogP contribution in [0.1, 0.15) is 9.49 Å². The van der Waals surface area contributed by atoms with Crippen LogP contribution in [0.3, 0.4) is 0 Å². The van der Waals surface area contributed by atoms with Gasteiger partial charge >= 0.3 is 35.5 Å². The zero-order valence-corrected chi connectivity index (χ0v) is 21.0. The molecule has 0 bridgehead atoms. The molecule has 5 nitrogen and oxygen atoms in total. The molecule has 0 aliphatic rings.